The van der Waals surface area contributed by atoms with Crippen molar-refractivity contribution in [3.05, 3.63) is 45.9 Å². The number of unbranched alkanes of at least 4 members (excludes halogenated alkanes) is 1. The van der Waals surface area contributed by atoms with Crippen molar-refractivity contribution in [3.63, 3.8) is 0 Å². The zero-order valence-corrected chi connectivity index (χ0v) is 10.9. The lowest BCUT2D eigenvalue weighted by molar-refractivity contribution is 0.615. The number of nitrogens with two attached hydrogens (primary N) is 1. The van der Waals surface area contributed by atoms with Gasteiger partial charge in [0.2, 0.25) is 0 Å². The third kappa shape index (κ3) is 3.98. The molecule has 0 aromatic heterocycles. The predicted octanol–water partition coefficient (Wildman–Crippen LogP) is 4.46. The van der Waals surface area contributed by atoms with Gasteiger partial charge in [-0.2, -0.15) is 0 Å². The van der Waals surface area contributed by atoms with E-state index in [-0.39, 0.29) is 6.04 Å². The standard InChI is InChI=1S/C12H15BrClN/c1-2-3-4-5-12(15)10-7-6-9(14)8-11(10)13/h2,6-8,12H,1,3-5,15H2. The number of halogens is 2. The first-order valence-electron chi connectivity index (χ1n) is 4.96. The molecule has 0 aliphatic rings. The zero-order chi connectivity index (χ0) is 11.3. The lowest BCUT2D eigenvalue weighted by atomic mass is 10.0. The first-order chi connectivity index (χ1) is 7.15. The molecule has 82 valence electrons. The molecular weight excluding hydrogens is 273 g/mol. The van der Waals surface area contributed by atoms with Crippen molar-refractivity contribution < 1.29 is 0 Å². The average Bonchev–Trinajstić information content (AvgIpc) is 2.17. The fourth-order valence-corrected chi connectivity index (χ4v) is 2.42. The van der Waals surface area contributed by atoms with Gasteiger partial charge in [0.1, 0.15) is 0 Å². The second-order valence-electron chi connectivity index (χ2n) is 3.49. The molecular formula is C12H15BrClN. The molecule has 1 aromatic carbocycles. The van der Waals surface area contributed by atoms with Gasteiger partial charge in [0.15, 0.2) is 0 Å². The van der Waals surface area contributed by atoms with Gasteiger partial charge in [-0.05, 0) is 37.0 Å². The zero-order valence-electron chi connectivity index (χ0n) is 8.55. The van der Waals surface area contributed by atoms with Crippen LogP contribution in [0.1, 0.15) is 30.9 Å². The van der Waals surface area contributed by atoms with E-state index in [2.05, 4.69) is 22.5 Å². The van der Waals surface area contributed by atoms with Gasteiger partial charge in [-0.15, -0.1) is 6.58 Å². The molecule has 0 aliphatic carbocycles. The number of allylic oxidation sites excluding steroid dienone is 1. The van der Waals surface area contributed by atoms with E-state index in [0.717, 1.165) is 34.3 Å². The molecule has 0 fully saturated rings. The van der Waals surface area contributed by atoms with E-state index in [1.807, 2.05) is 24.3 Å². The molecule has 1 nitrogen and oxygen atoms in total. The topological polar surface area (TPSA) is 26.0 Å². The molecule has 0 saturated heterocycles. The molecule has 0 spiro atoms. The van der Waals surface area contributed by atoms with Gasteiger partial charge >= 0.3 is 0 Å². The third-order valence-electron chi connectivity index (χ3n) is 2.29. The molecule has 1 unspecified atom stereocenters. The lowest BCUT2D eigenvalue weighted by Crippen LogP contribution is -2.10. The molecule has 0 bridgehead atoms. The van der Waals surface area contributed by atoms with Gasteiger partial charge in [0, 0.05) is 15.5 Å². The summed E-state index contributed by atoms with van der Waals surface area (Å²) in [5.41, 5.74) is 7.19. The van der Waals surface area contributed by atoms with Crippen LogP contribution in [0, 0.1) is 0 Å². The fraction of sp³-hybridized carbons (Fsp3) is 0.333. The summed E-state index contributed by atoms with van der Waals surface area (Å²) in [5.74, 6) is 0. The van der Waals surface area contributed by atoms with E-state index in [1.165, 1.54) is 0 Å². The van der Waals surface area contributed by atoms with Crippen molar-refractivity contribution in [2.75, 3.05) is 0 Å². The Morgan fingerprint density at radius 1 is 1.53 bits per heavy atom. The lowest BCUT2D eigenvalue weighted by Gasteiger charge is -2.13. The van der Waals surface area contributed by atoms with Crippen molar-refractivity contribution in [1.29, 1.82) is 0 Å². The largest absolute Gasteiger partial charge is 0.324 e. The normalized spacial score (nSPS) is 12.5. The van der Waals surface area contributed by atoms with Gasteiger partial charge in [-0.3, -0.25) is 0 Å². The van der Waals surface area contributed by atoms with Gasteiger partial charge in [0.05, 0.1) is 0 Å². The number of benzene rings is 1. The Labute approximate surface area is 104 Å². The monoisotopic (exact) mass is 287 g/mol. The average molecular weight is 289 g/mol. The molecule has 1 aromatic rings. The van der Waals surface area contributed by atoms with Gasteiger partial charge < -0.3 is 5.73 Å². The van der Waals surface area contributed by atoms with Crippen LogP contribution in [0.25, 0.3) is 0 Å². The third-order valence-corrected chi connectivity index (χ3v) is 3.21. The summed E-state index contributed by atoms with van der Waals surface area (Å²) in [6.07, 6.45) is 4.97. The Morgan fingerprint density at radius 3 is 2.87 bits per heavy atom. The quantitative estimate of drug-likeness (QED) is 0.628. The summed E-state index contributed by atoms with van der Waals surface area (Å²) in [6, 6.07) is 5.79. The van der Waals surface area contributed by atoms with E-state index in [0.29, 0.717) is 0 Å². The molecule has 1 atom stereocenters. The maximum atomic E-state index is 6.08. The number of rotatable bonds is 5. The summed E-state index contributed by atoms with van der Waals surface area (Å²) < 4.78 is 0.987. The molecule has 15 heavy (non-hydrogen) atoms. The minimum absolute atomic E-state index is 0.0663. The minimum atomic E-state index is 0.0663. The predicted molar refractivity (Wildman–Crippen MR) is 70.1 cm³/mol. The van der Waals surface area contributed by atoms with Crippen LogP contribution in [-0.2, 0) is 0 Å². The summed E-state index contributed by atoms with van der Waals surface area (Å²) in [5, 5.41) is 0.726. The fourth-order valence-electron chi connectivity index (χ4n) is 1.44. The second kappa shape index (κ2) is 6.31. The molecule has 0 radical (unpaired) electrons. The molecule has 2 N–H and O–H groups in total. The van der Waals surface area contributed by atoms with Crippen molar-refractivity contribution >= 4 is 27.5 Å². The van der Waals surface area contributed by atoms with Gasteiger partial charge in [-0.25, -0.2) is 0 Å². The Bertz CT molecular complexity index is 338. The van der Waals surface area contributed by atoms with Crippen LogP contribution in [0.2, 0.25) is 5.02 Å². The van der Waals surface area contributed by atoms with Crippen LogP contribution in [-0.4, -0.2) is 0 Å². The first kappa shape index (κ1) is 12.8. The summed E-state index contributed by atoms with van der Waals surface area (Å²) in [4.78, 5) is 0. The molecule has 0 aliphatic heterocycles. The Kier molecular flexibility index (Phi) is 5.37. The van der Waals surface area contributed by atoms with Crippen LogP contribution < -0.4 is 5.73 Å². The highest BCUT2D eigenvalue weighted by Crippen LogP contribution is 2.27. The molecule has 0 saturated carbocycles. The van der Waals surface area contributed by atoms with E-state index in [1.54, 1.807) is 0 Å². The summed E-state index contributed by atoms with van der Waals surface area (Å²) in [6.45, 7) is 3.69. The van der Waals surface area contributed by atoms with E-state index in [9.17, 15) is 0 Å². The highest BCUT2D eigenvalue weighted by molar-refractivity contribution is 9.10. The van der Waals surface area contributed by atoms with Crippen molar-refractivity contribution in [1.82, 2.24) is 0 Å². The minimum Gasteiger partial charge on any atom is -0.324 e. The SMILES string of the molecule is C=CCCCC(N)c1ccc(Cl)cc1Br. The highest BCUT2D eigenvalue weighted by Gasteiger charge is 2.09. The van der Waals surface area contributed by atoms with E-state index in [4.69, 9.17) is 17.3 Å². The Morgan fingerprint density at radius 2 is 2.27 bits per heavy atom. The van der Waals surface area contributed by atoms with Crippen LogP contribution >= 0.6 is 27.5 Å². The maximum absolute atomic E-state index is 6.08. The summed E-state index contributed by atoms with van der Waals surface area (Å²) in [7, 11) is 0. The van der Waals surface area contributed by atoms with Crippen LogP contribution in [0.4, 0.5) is 0 Å². The molecule has 1 rings (SSSR count). The maximum Gasteiger partial charge on any atom is 0.0417 e. The summed E-state index contributed by atoms with van der Waals surface area (Å²) >= 11 is 9.34. The van der Waals surface area contributed by atoms with Crippen LogP contribution in [0.15, 0.2) is 35.3 Å². The Balaban J connectivity index is 2.64. The smallest absolute Gasteiger partial charge is 0.0417 e. The van der Waals surface area contributed by atoms with Gasteiger partial charge in [0.25, 0.3) is 0 Å². The van der Waals surface area contributed by atoms with Gasteiger partial charge in [-0.1, -0.05) is 39.7 Å². The Hall–Kier alpha value is -0.310. The number of hydrogen-bond donors (Lipinski definition) is 1. The second-order valence-corrected chi connectivity index (χ2v) is 4.78. The van der Waals surface area contributed by atoms with E-state index >= 15 is 0 Å². The molecule has 0 amide bonds. The van der Waals surface area contributed by atoms with Crippen LogP contribution in [0.3, 0.4) is 0 Å². The van der Waals surface area contributed by atoms with Crippen molar-refractivity contribution in [2.45, 2.75) is 25.3 Å². The van der Waals surface area contributed by atoms with E-state index < -0.39 is 0 Å². The first-order valence-corrected chi connectivity index (χ1v) is 6.13. The van der Waals surface area contributed by atoms with Crippen molar-refractivity contribution in [2.24, 2.45) is 5.73 Å². The highest BCUT2D eigenvalue weighted by atomic mass is 79.9. The number of hydrogen-bond acceptors (Lipinski definition) is 1. The van der Waals surface area contributed by atoms with Crippen LogP contribution in [0.5, 0.6) is 0 Å². The van der Waals surface area contributed by atoms with Crippen molar-refractivity contribution in [3.8, 4) is 0 Å². The molecule has 0 heterocycles. The molecule has 3 heteroatoms.